The fourth-order valence-corrected chi connectivity index (χ4v) is 4.66. The highest BCUT2D eigenvalue weighted by molar-refractivity contribution is 7.22. The molecule has 2 aromatic heterocycles. The van der Waals surface area contributed by atoms with Gasteiger partial charge in [-0.25, -0.2) is 4.98 Å². The zero-order valence-electron chi connectivity index (χ0n) is 17.6. The second kappa shape index (κ2) is 8.36. The van der Waals surface area contributed by atoms with Crippen LogP contribution in [0.25, 0.3) is 21.0 Å². The molecular formula is C25H20N2O4S. The van der Waals surface area contributed by atoms with Crippen LogP contribution in [-0.2, 0) is 6.54 Å². The summed E-state index contributed by atoms with van der Waals surface area (Å²) in [6.07, 6.45) is 1.59. The summed E-state index contributed by atoms with van der Waals surface area (Å²) < 4.78 is 17.5. The van der Waals surface area contributed by atoms with Crippen LogP contribution >= 0.6 is 11.3 Å². The maximum atomic E-state index is 13.9. The van der Waals surface area contributed by atoms with E-state index in [1.807, 2.05) is 60.7 Å². The van der Waals surface area contributed by atoms with E-state index in [-0.39, 0.29) is 12.5 Å². The first kappa shape index (κ1) is 20.1. The summed E-state index contributed by atoms with van der Waals surface area (Å²) in [6, 6.07) is 21.0. The topological polar surface area (TPSA) is 64.8 Å². The van der Waals surface area contributed by atoms with Crippen molar-refractivity contribution in [2.45, 2.75) is 6.54 Å². The lowest BCUT2D eigenvalue weighted by Crippen LogP contribution is -2.30. The fraction of sp³-hybridized carbons (Fsp3) is 0.120. The van der Waals surface area contributed by atoms with Crippen molar-refractivity contribution in [3.8, 4) is 11.5 Å². The van der Waals surface area contributed by atoms with Gasteiger partial charge >= 0.3 is 0 Å². The van der Waals surface area contributed by atoms with Crippen molar-refractivity contribution in [3.63, 3.8) is 0 Å². The van der Waals surface area contributed by atoms with E-state index in [1.54, 1.807) is 31.4 Å². The number of rotatable bonds is 6. The number of aromatic nitrogens is 1. The third-order valence-electron chi connectivity index (χ3n) is 5.26. The summed E-state index contributed by atoms with van der Waals surface area (Å²) in [4.78, 5) is 20.2. The number of para-hydroxylation sites is 1. The molecule has 2 heterocycles. The van der Waals surface area contributed by atoms with Crippen LogP contribution in [0.5, 0.6) is 11.5 Å². The van der Waals surface area contributed by atoms with Gasteiger partial charge in [-0.05, 0) is 47.2 Å². The molecule has 0 spiro atoms. The second-order valence-corrected chi connectivity index (χ2v) is 8.18. The SMILES string of the molecule is COc1cc2ccccc2cc1C(=O)N(Cc1ccco1)c1nc2c(OC)cccc2s1. The summed E-state index contributed by atoms with van der Waals surface area (Å²) in [5.74, 6) is 1.61. The Bertz CT molecular complexity index is 1410. The minimum absolute atomic E-state index is 0.220. The first-order valence-corrected chi connectivity index (χ1v) is 10.8. The monoisotopic (exact) mass is 444 g/mol. The van der Waals surface area contributed by atoms with E-state index >= 15 is 0 Å². The van der Waals surface area contributed by atoms with Gasteiger partial charge in [0.25, 0.3) is 5.91 Å². The summed E-state index contributed by atoms with van der Waals surface area (Å²) >= 11 is 1.43. The molecule has 0 aliphatic heterocycles. The highest BCUT2D eigenvalue weighted by Crippen LogP contribution is 2.36. The average molecular weight is 445 g/mol. The summed E-state index contributed by atoms with van der Waals surface area (Å²) in [6.45, 7) is 0.240. The first-order chi connectivity index (χ1) is 15.7. The Morgan fingerprint density at radius 3 is 2.47 bits per heavy atom. The number of hydrogen-bond donors (Lipinski definition) is 0. The van der Waals surface area contributed by atoms with Gasteiger partial charge in [0.05, 0.1) is 37.3 Å². The number of carbonyl (C=O) groups excluding carboxylic acids is 1. The molecule has 0 atom stereocenters. The number of nitrogens with zero attached hydrogens (tertiary/aromatic N) is 2. The molecule has 0 bridgehead atoms. The summed E-state index contributed by atoms with van der Waals surface area (Å²) in [7, 11) is 3.18. The predicted molar refractivity (Wildman–Crippen MR) is 126 cm³/mol. The number of methoxy groups -OCH3 is 2. The van der Waals surface area contributed by atoms with Crippen LogP contribution in [0.3, 0.4) is 0 Å². The molecule has 1 amide bonds. The van der Waals surface area contributed by atoms with Gasteiger partial charge in [-0.3, -0.25) is 9.69 Å². The number of carbonyl (C=O) groups is 1. The van der Waals surface area contributed by atoms with Gasteiger partial charge in [0, 0.05) is 0 Å². The number of thiazole rings is 1. The standard InChI is InChI=1S/C25H20N2O4S/c1-29-20-10-5-11-22-23(20)26-25(32-22)27(15-18-9-6-12-31-18)24(28)19-13-16-7-3-4-8-17(16)14-21(19)30-2/h3-14H,15H2,1-2H3. The quantitative estimate of drug-likeness (QED) is 0.326. The second-order valence-electron chi connectivity index (χ2n) is 7.17. The van der Waals surface area contributed by atoms with Crippen molar-refractivity contribution < 1.29 is 18.7 Å². The highest BCUT2D eigenvalue weighted by atomic mass is 32.1. The van der Waals surface area contributed by atoms with E-state index in [0.29, 0.717) is 28.0 Å². The van der Waals surface area contributed by atoms with E-state index in [1.165, 1.54) is 11.3 Å². The lowest BCUT2D eigenvalue weighted by Gasteiger charge is -2.20. The number of hydrogen-bond acceptors (Lipinski definition) is 6. The maximum Gasteiger partial charge on any atom is 0.264 e. The third-order valence-corrected chi connectivity index (χ3v) is 6.30. The highest BCUT2D eigenvalue weighted by Gasteiger charge is 2.26. The molecule has 0 saturated carbocycles. The molecule has 0 saturated heterocycles. The molecule has 0 aliphatic rings. The molecule has 0 radical (unpaired) electrons. The number of amides is 1. The molecule has 6 nitrogen and oxygen atoms in total. The van der Waals surface area contributed by atoms with Gasteiger partial charge in [0.15, 0.2) is 5.13 Å². The van der Waals surface area contributed by atoms with Crippen LogP contribution in [0.1, 0.15) is 16.1 Å². The molecule has 0 fully saturated rings. The van der Waals surface area contributed by atoms with Crippen LogP contribution in [0.2, 0.25) is 0 Å². The third kappa shape index (κ3) is 3.56. The number of furan rings is 1. The first-order valence-electron chi connectivity index (χ1n) is 10.0. The minimum Gasteiger partial charge on any atom is -0.496 e. The van der Waals surface area contributed by atoms with Gasteiger partial charge in [-0.15, -0.1) is 0 Å². The molecule has 5 aromatic rings. The zero-order valence-corrected chi connectivity index (χ0v) is 18.4. The van der Waals surface area contributed by atoms with E-state index < -0.39 is 0 Å². The van der Waals surface area contributed by atoms with Crippen LogP contribution in [0.4, 0.5) is 5.13 Å². The van der Waals surface area contributed by atoms with Crippen molar-refractivity contribution in [1.82, 2.24) is 4.98 Å². The fourth-order valence-electron chi connectivity index (χ4n) is 3.68. The number of ether oxygens (including phenoxy) is 2. The van der Waals surface area contributed by atoms with E-state index in [4.69, 9.17) is 18.9 Å². The van der Waals surface area contributed by atoms with Crippen LogP contribution in [0.15, 0.2) is 77.4 Å². The van der Waals surface area contributed by atoms with Gasteiger partial charge < -0.3 is 13.9 Å². The largest absolute Gasteiger partial charge is 0.496 e. The van der Waals surface area contributed by atoms with E-state index in [2.05, 4.69) is 0 Å². The van der Waals surface area contributed by atoms with Crippen LogP contribution < -0.4 is 14.4 Å². The molecule has 3 aromatic carbocycles. The summed E-state index contributed by atoms with van der Waals surface area (Å²) in [5, 5.41) is 2.52. The zero-order chi connectivity index (χ0) is 22.1. The van der Waals surface area contributed by atoms with Crippen molar-refractivity contribution in [3.05, 3.63) is 84.3 Å². The number of fused-ring (bicyclic) bond motifs is 2. The molecule has 7 heteroatoms. The Hall–Kier alpha value is -3.84. The van der Waals surface area contributed by atoms with Crippen LogP contribution in [0, 0.1) is 0 Å². The minimum atomic E-state index is -0.220. The molecule has 0 N–H and O–H groups in total. The Balaban J connectivity index is 1.64. The average Bonchev–Trinajstić information content (AvgIpc) is 3.50. The van der Waals surface area contributed by atoms with Crippen molar-refractivity contribution >= 4 is 43.4 Å². The Morgan fingerprint density at radius 1 is 0.969 bits per heavy atom. The molecular weight excluding hydrogens is 424 g/mol. The number of anilines is 1. The predicted octanol–water partition coefficient (Wildman–Crippen LogP) is 5.91. The summed E-state index contributed by atoms with van der Waals surface area (Å²) in [5.41, 5.74) is 1.18. The van der Waals surface area contributed by atoms with Crippen molar-refractivity contribution in [2.75, 3.05) is 19.1 Å². The van der Waals surface area contributed by atoms with Gasteiger partial charge in [0.2, 0.25) is 0 Å². The lowest BCUT2D eigenvalue weighted by atomic mass is 10.0. The van der Waals surface area contributed by atoms with Gasteiger partial charge in [-0.2, -0.15) is 0 Å². The molecule has 0 unspecified atom stereocenters. The van der Waals surface area contributed by atoms with E-state index in [0.717, 1.165) is 21.0 Å². The van der Waals surface area contributed by atoms with Gasteiger partial charge in [0.1, 0.15) is 22.8 Å². The number of benzene rings is 3. The molecule has 160 valence electrons. The van der Waals surface area contributed by atoms with Gasteiger partial charge in [-0.1, -0.05) is 41.7 Å². The molecule has 5 rings (SSSR count). The Kier molecular flexibility index (Phi) is 5.25. The maximum absolute atomic E-state index is 13.9. The lowest BCUT2D eigenvalue weighted by molar-refractivity contribution is 0.0980. The van der Waals surface area contributed by atoms with Crippen LogP contribution in [-0.4, -0.2) is 25.1 Å². The Labute approximate surface area is 188 Å². The van der Waals surface area contributed by atoms with Crippen molar-refractivity contribution in [2.24, 2.45) is 0 Å². The molecule has 0 aliphatic carbocycles. The molecule has 32 heavy (non-hydrogen) atoms. The Morgan fingerprint density at radius 2 is 1.75 bits per heavy atom. The van der Waals surface area contributed by atoms with Crippen molar-refractivity contribution in [1.29, 1.82) is 0 Å². The van der Waals surface area contributed by atoms with E-state index in [9.17, 15) is 4.79 Å². The normalized spacial score (nSPS) is 11.1. The smallest absolute Gasteiger partial charge is 0.264 e.